The third kappa shape index (κ3) is 26.1. The van der Waals surface area contributed by atoms with Gasteiger partial charge in [0, 0.05) is 18.9 Å². The summed E-state index contributed by atoms with van der Waals surface area (Å²) in [4.78, 5) is 92.5. The highest BCUT2D eigenvalue weighted by molar-refractivity contribution is 5.92. The minimum Gasteiger partial charge on any atom is -0.463 e. The van der Waals surface area contributed by atoms with Gasteiger partial charge < -0.3 is 94.7 Å². The number of ether oxygens (including phenoxy) is 20. The highest BCUT2D eigenvalue weighted by Gasteiger charge is 2.60. The molecule has 4 aliphatic rings. The van der Waals surface area contributed by atoms with Crippen molar-refractivity contribution in [3.05, 3.63) is 405 Å². The van der Waals surface area contributed by atoms with Crippen LogP contribution in [0.25, 0.3) is 10.4 Å². The molecule has 0 amide bonds. The lowest BCUT2D eigenvalue weighted by Crippen LogP contribution is -2.68. The topological polar surface area (TPSA) is 336 Å². The molecule has 0 N–H and O–H groups in total. The van der Waals surface area contributed by atoms with Crippen molar-refractivity contribution >= 4 is 35.8 Å². The summed E-state index contributed by atoms with van der Waals surface area (Å²) < 4.78 is 138. The number of hydrogen-bond donors (Lipinski definition) is 0. The van der Waals surface area contributed by atoms with Crippen LogP contribution in [0.1, 0.15) is 92.1 Å². The van der Waals surface area contributed by atoms with Gasteiger partial charge in [0.15, 0.2) is 49.6 Å². The molecule has 0 unspecified atom stereocenters. The lowest BCUT2D eigenvalue weighted by molar-refractivity contribution is -0.379. The molecule has 11 aromatic rings. The smallest absolute Gasteiger partial charge is 0.338 e. The van der Waals surface area contributed by atoms with Crippen LogP contribution >= 0.6 is 0 Å². The molecular formula is C104H101N3O26. The van der Waals surface area contributed by atoms with Gasteiger partial charge in [0.2, 0.25) is 0 Å². The normalized spacial score (nSPS) is 25.0. The summed E-state index contributed by atoms with van der Waals surface area (Å²) in [5, 5.41) is 4.36. The third-order valence-electron chi connectivity index (χ3n) is 22.5. The van der Waals surface area contributed by atoms with Gasteiger partial charge >= 0.3 is 35.8 Å². The highest BCUT2D eigenvalue weighted by Crippen LogP contribution is 2.42. The van der Waals surface area contributed by atoms with Gasteiger partial charge in [-0.15, -0.1) is 0 Å². The Balaban J connectivity index is 0.893. The molecule has 4 saturated heterocycles. The molecule has 0 aliphatic carbocycles. The summed E-state index contributed by atoms with van der Waals surface area (Å²) in [7, 11) is 1.29. The first-order chi connectivity index (χ1) is 65.3. The van der Waals surface area contributed by atoms with E-state index in [9.17, 15) is 15.1 Å². The van der Waals surface area contributed by atoms with Crippen molar-refractivity contribution in [1.82, 2.24) is 0 Å². The van der Waals surface area contributed by atoms with Crippen LogP contribution in [0.15, 0.2) is 339 Å². The molecule has 29 heteroatoms. The Morgan fingerprint density at radius 1 is 0.278 bits per heavy atom. The molecule has 0 saturated carbocycles. The van der Waals surface area contributed by atoms with Crippen molar-refractivity contribution in [2.24, 2.45) is 5.11 Å². The molecule has 15 rings (SSSR count). The van der Waals surface area contributed by atoms with E-state index in [1.54, 1.807) is 115 Å². The van der Waals surface area contributed by atoms with Crippen LogP contribution in [-0.2, 0) is 139 Å². The zero-order valence-corrected chi connectivity index (χ0v) is 72.8. The summed E-state index contributed by atoms with van der Waals surface area (Å²) >= 11 is 0. The first-order valence-corrected chi connectivity index (χ1v) is 43.7. The summed E-state index contributed by atoms with van der Waals surface area (Å²) in [6.45, 7) is -1.43. The van der Waals surface area contributed by atoms with E-state index in [4.69, 9.17) is 94.7 Å². The van der Waals surface area contributed by atoms with Crippen LogP contribution < -0.4 is 0 Å². The third-order valence-corrected chi connectivity index (χ3v) is 22.5. The Morgan fingerprint density at radius 2 is 0.564 bits per heavy atom. The number of esters is 6. The van der Waals surface area contributed by atoms with Crippen molar-refractivity contribution in [1.29, 1.82) is 0 Å². The zero-order chi connectivity index (χ0) is 91.9. The fourth-order valence-electron chi connectivity index (χ4n) is 15.9. The second-order valence-corrected chi connectivity index (χ2v) is 31.7. The van der Waals surface area contributed by atoms with Gasteiger partial charge in [-0.05, 0) is 99.6 Å². The fraction of sp³-hybridized carbons (Fsp3) is 0.308. The Kier molecular flexibility index (Phi) is 34.4. The predicted octanol–water partition coefficient (Wildman–Crippen LogP) is 15.5. The van der Waals surface area contributed by atoms with Crippen molar-refractivity contribution in [2.75, 3.05) is 33.5 Å². The van der Waals surface area contributed by atoms with E-state index >= 15 is 19.2 Å². The van der Waals surface area contributed by atoms with E-state index in [1.165, 1.54) is 50.4 Å². The van der Waals surface area contributed by atoms with E-state index in [1.807, 2.05) is 182 Å². The maximum Gasteiger partial charge on any atom is 0.338 e. The van der Waals surface area contributed by atoms with Crippen molar-refractivity contribution < 1.29 is 124 Å². The molecule has 4 aliphatic heterocycles. The largest absolute Gasteiger partial charge is 0.463 e. The average Bonchev–Trinajstić information content (AvgIpc) is 0.754. The number of carbonyl (C=O) groups is 6. The molecule has 133 heavy (non-hydrogen) atoms. The second-order valence-electron chi connectivity index (χ2n) is 31.7. The van der Waals surface area contributed by atoms with Crippen LogP contribution in [-0.4, -0.2) is 192 Å². The van der Waals surface area contributed by atoms with Gasteiger partial charge in [0.05, 0.1) is 80.7 Å². The number of azide groups is 1. The van der Waals surface area contributed by atoms with Crippen LogP contribution in [0.5, 0.6) is 0 Å². The van der Waals surface area contributed by atoms with Gasteiger partial charge in [0.1, 0.15) is 86.4 Å². The summed E-state index contributed by atoms with van der Waals surface area (Å²) in [5.41, 5.74) is 15.7. The maximum absolute atomic E-state index is 15.6. The van der Waals surface area contributed by atoms with Crippen LogP contribution in [0, 0.1) is 0 Å². The molecule has 11 aromatic carbocycles. The molecule has 688 valence electrons. The molecule has 0 bridgehead atoms. The van der Waals surface area contributed by atoms with Gasteiger partial charge in [-0.1, -0.05) is 278 Å². The molecule has 29 nitrogen and oxygen atoms in total. The Labute approximate surface area is 768 Å². The van der Waals surface area contributed by atoms with Crippen LogP contribution in [0.3, 0.4) is 0 Å². The average molecular weight is 1810 g/mol. The Morgan fingerprint density at radius 3 is 0.955 bits per heavy atom. The summed E-state index contributed by atoms with van der Waals surface area (Å²) in [6.07, 6.45) is -31.0. The fourth-order valence-corrected chi connectivity index (χ4v) is 15.9. The van der Waals surface area contributed by atoms with E-state index < -0.39 is 185 Å². The Hall–Kier alpha value is -13.0. The zero-order valence-electron chi connectivity index (χ0n) is 72.8. The Bertz CT molecular complexity index is 5490. The SMILES string of the molecule is CO[C@@H]1O[C@H](COCc2ccccc2)[C@H](O[C@H]2O[C@H](COC(C)=O)[C@@H](OCc3ccccc3)[C@H](OC(=O)c3ccccc3)[C@H]2OCc2ccccc2)[C@H](O[C@@H]2O[C@H](CO[C@H]3O[C@H](COC(=O)c4ccccc4)[C@@H](OCc4ccccc4)[C@H](OCc4ccccc4)[C@H]3OCc3ccccc3)[C@@H](OC(=O)c3ccccc3)[C@H](OC(=O)c3ccccc3)[C@H]2OC(=O)c2ccccc2)[C@H]1N=[N+]=[N-]. The molecule has 0 spiro atoms. The van der Waals surface area contributed by atoms with Crippen LogP contribution in [0.4, 0.5) is 0 Å². The minimum atomic E-state index is -2.18. The molecule has 4 fully saturated rings. The highest BCUT2D eigenvalue weighted by atomic mass is 16.8. The quantitative estimate of drug-likeness (QED) is 0.0113. The summed E-state index contributed by atoms with van der Waals surface area (Å²) in [5.74, 6) is -5.33. The lowest BCUT2D eigenvalue weighted by Gasteiger charge is -2.51. The van der Waals surface area contributed by atoms with Gasteiger partial charge in [-0.2, -0.15) is 0 Å². The number of carbonyl (C=O) groups excluding carboxylic acids is 6. The monoisotopic (exact) mass is 1810 g/mol. The first-order valence-electron chi connectivity index (χ1n) is 43.7. The predicted molar refractivity (Wildman–Crippen MR) is 477 cm³/mol. The van der Waals surface area contributed by atoms with Gasteiger partial charge in [0.25, 0.3) is 0 Å². The molecule has 4 heterocycles. The van der Waals surface area contributed by atoms with E-state index in [0.29, 0.717) is 11.1 Å². The molecule has 20 atom stereocenters. The van der Waals surface area contributed by atoms with Gasteiger partial charge in [-0.3, -0.25) is 4.79 Å². The van der Waals surface area contributed by atoms with E-state index in [0.717, 1.165) is 22.3 Å². The van der Waals surface area contributed by atoms with E-state index in [2.05, 4.69) is 10.0 Å². The number of hydrogen-bond acceptors (Lipinski definition) is 27. The van der Waals surface area contributed by atoms with Crippen molar-refractivity contribution in [2.45, 2.75) is 169 Å². The van der Waals surface area contributed by atoms with Gasteiger partial charge in [-0.25, -0.2) is 24.0 Å². The van der Waals surface area contributed by atoms with E-state index in [-0.39, 0.29) is 67.5 Å². The number of benzene rings is 11. The standard InChI is InChI=1S/C104H101N3O26/c1-68(108)116-65-81-86(118-60-71-40-18-5-19-41-71)91(129-98(111)77-52-30-11-31-53-77)94(121-63-74-46-24-8-25-47-74)103(126-81)132-87-80(64-115-58-69-36-14-3-15-37-69)124-101(114-2)84(106-107-105)89(87)133-104-95(131-100(113)79-56-34-13-35-57-79)92(130-99(112)78-54-32-12-33-55-78)88(128-97(110)76-50-28-10-29-51-76)83(127-104)67-123-102-93(120-62-73-44-22-7-23-45-73)90(119-61-72-42-20-6-21-43-72)85(117-59-70-38-16-4-17-39-70)82(125-102)66-122-96(109)75-48-26-9-27-49-75/h3-57,80-95,101-104H,58-67H2,1-2H3/t80-,81-,82-,83-,84-,85-,86-,87+,88-,89-,90+,91+,92+,93-,94-,95-,101-,102+,103-,104+/m1/s1. The minimum absolute atomic E-state index is 0.000650. The number of methoxy groups -OCH3 is 1. The number of rotatable bonds is 41. The lowest BCUT2D eigenvalue weighted by atomic mass is 9.94. The maximum atomic E-state index is 15.6. The second kappa shape index (κ2) is 48.4. The molecule has 0 aromatic heterocycles. The first kappa shape index (κ1) is 94.6. The summed E-state index contributed by atoms with van der Waals surface area (Å²) in [6, 6.07) is 93.8. The van der Waals surface area contributed by atoms with Crippen LogP contribution in [0.2, 0.25) is 0 Å². The van der Waals surface area contributed by atoms with Crippen molar-refractivity contribution in [3.63, 3.8) is 0 Å². The molecule has 0 radical (unpaired) electrons. The van der Waals surface area contributed by atoms with Crippen molar-refractivity contribution in [3.8, 4) is 0 Å². The number of nitrogens with zero attached hydrogens (tertiary/aromatic N) is 3. The molecular weight excluding hydrogens is 1710 g/mol.